The third-order valence-electron chi connectivity index (χ3n) is 4.25. The van der Waals surface area contributed by atoms with Gasteiger partial charge >= 0.3 is 0 Å². The van der Waals surface area contributed by atoms with Crippen molar-refractivity contribution in [1.82, 2.24) is 0 Å². The van der Waals surface area contributed by atoms with E-state index in [0.29, 0.717) is 11.4 Å². The molecule has 0 spiro atoms. The number of nitrogens with one attached hydrogen (secondary N) is 1. The number of halogens is 1. The third kappa shape index (κ3) is 5.31. The lowest BCUT2D eigenvalue weighted by Crippen LogP contribution is -2.45. The Hall–Kier alpha value is -3.42. The Morgan fingerprint density at radius 1 is 1.28 bits per heavy atom. The third-order valence-corrected chi connectivity index (χ3v) is 4.25. The van der Waals surface area contributed by atoms with E-state index in [-0.39, 0.29) is 16.7 Å². The van der Waals surface area contributed by atoms with Crippen LogP contribution in [0.4, 0.5) is 15.8 Å². The maximum atomic E-state index is 13.6. The summed E-state index contributed by atoms with van der Waals surface area (Å²) in [6.45, 7) is 14.0. The first kappa shape index (κ1) is 21.9. The minimum absolute atomic E-state index is 0.0889. The Bertz CT molecular complexity index is 1010. The molecule has 0 saturated heterocycles. The number of nitriles is 1. The van der Waals surface area contributed by atoms with Gasteiger partial charge in [-0.05, 0) is 42.2 Å². The van der Waals surface area contributed by atoms with Crippen LogP contribution >= 0.6 is 0 Å². The summed E-state index contributed by atoms with van der Waals surface area (Å²) in [7, 11) is 0. The molecule has 1 amide bonds. The fourth-order valence-corrected chi connectivity index (χ4v) is 2.54. The monoisotopic (exact) mass is 395 g/mol. The van der Waals surface area contributed by atoms with Gasteiger partial charge in [0.15, 0.2) is 11.3 Å². The van der Waals surface area contributed by atoms with Crippen LogP contribution in [-0.4, -0.2) is 23.2 Å². The predicted octanol–water partition coefficient (Wildman–Crippen LogP) is 4.31. The van der Waals surface area contributed by atoms with Gasteiger partial charge < -0.3 is 15.2 Å². The van der Waals surface area contributed by atoms with Crippen molar-refractivity contribution in [2.75, 3.05) is 11.9 Å². The Labute approximate surface area is 169 Å². The molecule has 2 N–H and O–H groups in total. The Morgan fingerprint density at radius 2 is 1.97 bits per heavy atom. The summed E-state index contributed by atoms with van der Waals surface area (Å²) in [5.41, 5.74) is -0.615. The fourth-order valence-electron chi connectivity index (χ4n) is 2.54. The van der Waals surface area contributed by atoms with E-state index in [2.05, 4.69) is 10.2 Å². The Morgan fingerprint density at radius 3 is 2.52 bits per heavy atom. The van der Waals surface area contributed by atoms with E-state index in [1.807, 2.05) is 20.8 Å². The summed E-state index contributed by atoms with van der Waals surface area (Å²) in [6, 6.07) is 10.3. The molecule has 0 saturated carbocycles. The second-order valence-corrected chi connectivity index (χ2v) is 7.86. The zero-order valence-electron chi connectivity index (χ0n) is 16.7. The zero-order valence-corrected chi connectivity index (χ0v) is 16.7. The summed E-state index contributed by atoms with van der Waals surface area (Å²) in [5.74, 6) is -1.36. The van der Waals surface area contributed by atoms with Crippen LogP contribution in [0.1, 0.15) is 38.8 Å². The minimum Gasteiger partial charge on any atom is -0.490 e. The normalized spacial score (nSPS) is 13.0. The number of hydrogen-bond donors (Lipinski definition) is 2. The molecule has 0 unspecified atom stereocenters. The molecular weight excluding hydrogens is 373 g/mol. The van der Waals surface area contributed by atoms with Crippen LogP contribution in [0.25, 0.3) is 4.85 Å². The molecule has 0 bridgehead atoms. The molecule has 0 aliphatic heterocycles. The van der Waals surface area contributed by atoms with Crippen LogP contribution in [0.3, 0.4) is 0 Å². The lowest BCUT2D eigenvalue weighted by molar-refractivity contribution is -0.135. The highest BCUT2D eigenvalue weighted by molar-refractivity contribution is 5.97. The summed E-state index contributed by atoms with van der Waals surface area (Å²) in [4.78, 5) is 16.0. The van der Waals surface area contributed by atoms with Crippen LogP contribution < -0.4 is 10.1 Å². The number of anilines is 1. The standard InChI is InChI=1S/C22H22FN3O3/c1-21(2,3)17-10-15(7-9-19(17)25-5)26-20(27)22(4,28)13-29-16-8-6-14(12-24)18(23)11-16/h6-11,28H,13H2,1-4H3,(H,26,27)/t22-/m0/s1. The van der Waals surface area contributed by atoms with Gasteiger partial charge in [0.05, 0.1) is 12.1 Å². The summed E-state index contributed by atoms with van der Waals surface area (Å²) in [6.07, 6.45) is 0. The molecule has 0 aliphatic carbocycles. The molecule has 7 heteroatoms. The molecule has 2 aromatic rings. The lowest BCUT2D eigenvalue weighted by Gasteiger charge is -2.24. The van der Waals surface area contributed by atoms with Gasteiger partial charge in [-0.15, -0.1) is 0 Å². The number of benzene rings is 2. The molecule has 29 heavy (non-hydrogen) atoms. The van der Waals surface area contributed by atoms with Crippen molar-refractivity contribution in [2.45, 2.75) is 38.7 Å². The minimum atomic E-state index is -1.90. The van der Waals surface area contributed by atoms with Crippen LogP contribution in [0.5, 0.6) is 5.75 Å². The van der Waals surface area contributed by atoms with E-state index in [1.165, 1.54) is 19.1 Å². The van der Waals surface area contributed by atoms with Crippen molar-refractivity contribution >= 4 is 17.3 Å². The molecule has 6 nitrogen and oxygen atoms in total. The fraction of sp³-hybridized carbons (Fsp3) is 0.318. The smallest absolute Gasteiger partial charge is 0.259 e. The molecule has 0 fully saturated rings. The van der Waals surface area contributed by atoms with Crippen LogP contribution in [0.15, 0.2) is 36.4 Å². The first-order valence-corrected chi connectivity index (χ1v) is 8.86. The summed E-state index contributed by atoms with van der Waals surface area (Å²) in [5, 5.41) is 21.8. The van der Waals surface area contributed by atoms with Gasteiger partial charge in [0.1, 0.15) is 24.2 Å². The van der Waals surface area contributed by atoms with Crippen molar-refractivity contribution in [3.8, 4) is 11.8 Å². The highest BCUT2D eigenvalue weighted by atomic mass is 19.1. The number of carbonyl (C=O) groups excluding carboxylic acids is 1. The first-order valence-electron chi connectivity index (χ1n) is 8.86. The average Bonchev–Trinajstić information content (AvgIpc) is 2.65. The van der Waals surface area contributed by atoms with E-state index in [1.54, 1.807) is 24.3 Å². The largest absolute Gasteiger partial charge is 0.490 e. The number of hydrogen-bond acceptors (Lipinski definition) is 4. The topological polar surface area (TPSA) is 86.7 Å². The van der Waals surface area contributed by atoms with Crippen molar-refractivity contribution in [2.24, 2.45) is 0 Å². The first-order chi connectivity index (χ1) is 13.5. The van der Waals surface area contributed by atoms with Gasteiger partial charge in [-0.1, -0.05) is 26.8 Å². The summed E-state index contributed by atoms with van der Waals surface area (Å²) >= 11 is 0. The van der Waals surface area contributed by atoms with Crippen molar-refractivity contribution in [3.63, 3.8) is 0 Å². The van der Waals surface area contributed by atoms with Gasteiger partial charge in [0, 0.05) is 11.8 Å². The Balaban J connectivity index is 2.12. The van der Waals surface area contributed by atoms with Gasteiger partial charge in [0.25, 0.3) is 5.91 Å². The average molecular weight is 395 g/mol. The van der Waals surface area contributed by atoms with Gasteiger partial charge in [0.2, 0.25) is 0 Å². The molecule has 0 aromatic heterocycles. The second kappa shape index (κ2) is 8.30. The SMILES string of the molecule is [C-]#[N+]c1ccc(NC(=O)[C@@](C)(O)COc2ccc(C#N)c(F)c2)cc1C(C)(C)C. The van der Waals surface area contributed by atoms with Crippen molar-refractivity contribution in [3.05, 3.63) is 64.8 Å². The maximum absolute atomic E-state index is 13.6. The number of carbonyl (C=O) groups is 1. The lowest BCUT2D eigenvalue weighted by atomic mass is 9.85. The number of ether oxygens (including phenoxy) is 1. The number of aliphatic hydroxyl groups is 1. The van der Waals surface area contributed by atoms with E-state index in [4.69, 9.17) is 16.6 Å². The molecule has 1 atom stereocenters. The van der Waals surface area contributed by atoms with Gasteiger partial charge in [-0.25, -0.2) is 9.24 Å². The molecule has 0 radical (unpaired) electrons. The van der Waals surface area contributed by atoms with Crippen molar-refractivity contribution in [1.29, 1.82) is 5.26 Å². The molecule has 2 aromatic carbocycles. The van der Waals surface area contributed by atoms with Crippen LogP contribution in [-0.2, 0) is 10.2 Å². The molecular formula is C22H22FN3O3. The number of nitrogens with zero attached hydrogens (tertiary/aromatic N) is 2. The second-order valence-electron chi connectivity index (χ2n) is 7.86. The highest BCUT2D eigenvalue weighted by Crippen LogP contribution is 2.34. The molecule has 0 heterocycles. The van der Waals surface area contributed by atoms with E-state index in [0.717, 1.165) is 11.6 Å². The quantitative estimate of drug-likeness (QED) is 0.739. The van der Waals surface area contributed by atoms with Gasteiger partial charge in [-0.3, -0.25) is 4.79 Å². The van der Waals surface area contributed by atoms with Crippen LogP contribution in [0.2, 0.25) is 0 Å². The zero-order chi connectivity index (χ0) is 21.8. The van der Waals surface area contributed by atoms with Crippen molar-refractivity contribution < 1.29 is 19.0 Å². The summed E-state index contributed by atoms with van der Waals surface area (Å²) < 4.78 is 19.0. The number of amides is 1. The van der Waals surface area contributed by atoms with Crippen LogP contribution in [0, 0.1) is 23.7 Å². The van der Waals surface area contributed by atoms with E-state index in [9.17, 15) is 14.3 Å². The Kier molecular flexibility index (Phi) is 6.26. The predicted molar refractivity (Wildman–Crippen MR) is 107 cm³/mol. The molecule has 0 aliphatic rings. The van der Waals surface area contributed by atoms with Gasteiger partial charge in [-0.2, -0.15) is 5.26 Å². The number of rotatable bonds is 5. The van der Waals surface area contributed by atoms with E-state index >= 15 is 0 Å². The molecule has 2 rings (SSSR count). The molecule has 150 valence electrons. The highest BCUT2D eigenvalue weighted by Gasteiger charge is 2.32. The van der Waals surface area contributed by atoms with E-state index < -0.39 is 23.9 Å². The maximum Gasteiger partial charge on any atom is 0.259 e.